The maximum Gasteiger partial charge on any atom is 0.322 e. The van der Waals surface area contributed by atoms with Crippen molar-refractivity contribution in [1.29, 1.82) is 0 Å². The van der Waals surface area contributed by atoms with Crippen LogP contribution in [0.25, 0.3) is 11.0 Å². The normalized spacial score (nSPS) is 19.9. The van der Waals surface area contributed by atoms with Crippen LogP contribution in [0.5, 0.6) is 0 Å². The number of nitrogens with zero attached hydrogens (tertiary/aromatic N) is 1. The van der Waals surface area contributed by atoms with Gasteiger partial charge in [-0.1, -0.05) is 18.2 Å². The number of benzene rings is 1. The minimum atomic E-state index is -0.873. The number of hydrogen-bond donors (Lipinski definition) is 2. The fourth-order valence-corrected chi connectivity index (χ4v) is 3.21. The molecule has 0 bridgehead atoms. The second kappa shape index (κ2) is 4.84. The summed E-state index contributed by atoms with van der Waals surface area (Å²) in [6.07, 6.45) is 0.799. The standard InChI is InChI=1S/C16H15N3O4/c20-13(12-9-10-3-1-2-4-11(10)23-12)19-7-5-16(6-8-19)14(21)17-15(22)18-16/h1-4,9H,5-8H2,(H2,17,18,21,22). The van der Waals surface area contributed by atoms with Gasteiger partial charge in [-0.15, -0.1) is 0 Å². The first kappa shape index (κ1) is 13.8. The highest BCUT2D eigenvalue weighted by atomic mass is 16.3. The van der Waals surface area contributed by atoms with Crippen molar-refractivity contribution in [3.05, 3.63) is 36.1 Å². The van der Waals surface area contributed by atoms with Crippen LogP contribution in [0.1, 0.15) is 23.4 Å². The molecule has 7 nitrogen and oxygen atoms in total. The Balaban J connectivity index is 1.51. The van der Waals surface area contributed by atoms with Crippen LogP contribution in [0.15, 0.2) is 34.7 Å². The Morgan fingerprint density at radius 1 is 1.17 bits per heavy atom. The number of hydrogen-bond acceptors (Lipinski definition) is 4. The smallest absolute Gasteiger partial charge is 0.322 e. The maximum atomic E-state index is 12.6. The molecule has 3 heterocycles. The Morgan fingerprint density at radius 2 is 1.91 bits per heavy atom. The van der Waals surface area contributed by atoms with Gasteiger partial charge in [-0.2, -0.15) is 0 Å². The lowest BCUT2D eigenvalue weighted by atomic mass is 9.87. The molecule has 0 saturated carbocycles. The molecule has 2 saturated heterocycles. The summed E-state index contributed by atoms with van der Waals surface area (Å²) in [5, 5.41) is 5.82. The van der Waals surface area contributed by atoms with Crippen LogP contribution < -0.4 is 10.6 Å². The average molecular weight is 313 g/mol. The molecule has 0 atom stereocenters. The molecule has 2 aliphatic heterocycles. The second-order valence-corrected chi connectivity index (χ2v) is 5.93. The van der Waals surface area contributed by atoms with Gasteiger partial charge in [0.05, 0.1) is 0 Å². The third kappa shape index (κ3) is 2.16. The van der Waals surface area contributed by atoms with Gasteiger partial charge in [-0.3, -0.25) is 14.9 Å². The fourth-order valence-electron chi connectivity index (χ4n) is 3.21. The quantitative estimate of drug-likeness (QED) is 0.775. The van der Waals surface area contributed by atoms with Crippen LogP contribution >= 0.6 is 0 Å². The highest BCUT2D eigenvalue weighted by molar-refractivity contribution is 6.07. The number of piperidine rings is 1. The van der Waals surface area contributed by atoms with E-state index in [-0.39, 0.29) is 11.8 Å². The van der Waals surface area contributed by atoms with E-state index in [4.69, 9.17) is 4.42 Å². The van der Waals surface area contributed by atoms with Gasteiger partial charge < -0.3 is 14.6 Å². The Kier molecular flexibility index (Phi) is 2.90. The zero-order chi connectivity index (χ0) is 16.0. The first-order valence-electron chi connectivity index (χ1n) is 7.49. The van der Waals surface area contributed by atoms with E-state index in [0.717, 1.165) is 5.39 Å². The first-order valence-corrected chi connectivity index (χ1v) is 7.49. The summed E-state index contributed by atoms with van der Waals surface area (Å²) in [5.41, 5.74) is -0.200. The van der Waals surface area contributed by atoms with Crippen molar-refractivity contribution in [2.24, 2.45) is 0 Å². The van der Waals surface area contributed by atoms with Crippen molar-refractivity contribution in [2.75, 3.05) is 13.1 Å². The van der Waals surface area contributed by atoms with Crippen LogP contribution in [0.3, 0.4) is 0 Å². The molecule has 23 heavy (non-hydrogen) atoms. The van der Waals surface area contributed by atoms with Gasteiger partial charge in [0, 0.05) is 18.5 Å². The number of furan rings is 1. The number of imide groups is 1. The van der Waals surface area contributed by atoms with E-state index in [1.807, 2.05) is 24.3 Å². The number of carbonyl (C=O) groups excluding carboxylic acids is 3. The topological polar surface area (TPSA) is 91.7 Å². The van der Waals surface area contributed by atoms with Crippen molar-refractivity contribution in [2.45, 2.75) is 18.4 Å². The minimum absolute atomic E-state index is 0.194. The molecule has 2 aliphatic rings. The Bertz CT molecular complexity index is 785. The molecule has 1 aromatic heterocycles. The van der Waals surface area contributed by atoms with Gasteiger partial charge in [-0.25, -0.2) is 4.79 Å². The van der Waals surface area contributed by atoms with Crippen LogP contribution in [0.2, 0.25) is 0 Å². The van der Waals surface area contributed by atoms with Gasteiger partial charge in [0.1, 0.15) is 11.1 Å². The molecule has 1 aromatic carbocycles. The molecule has 2 N–H and O–H groups in total. The molecule has 0 radical (unpaired) electrons. The number of amides is 4. The number of nitrogens with one attached hydrogen (secondary N) is 2. The summed E-state index contributed by atoms with van der Waals surface area (Å²) in [6, 6.07) is 8.71. The lowest BCUT2D eigenvalue weighted by Gasteiger charge is -2.36. The summed E-state index contributed by atoms with van der Waals surface area (Å²) in [4.78, 5) is 37.4. The lowest BCUT2D eigenvalue weighted by molar-refractivity contribution is -0.125. The van der Waals surface area contributed by atoms with Crippen molar-refractivity contribution in [3.8, 4) is 0 Å². The molecule has 4 amide bonds. The van der Waals surface area contributed by atoms with Gasteiger partial charge in [-0.05, 0) is 25.0 Å². The van der Waals surface area contributed by atoms with E-state index < -0.39 is 11.6 Å². The highest BCUT2D eigenvalue weighted by Gasteiger charge is 2.48. The average Bonchev–Trinajstić information content (AvgIpc) is 3.09. The van der Waals surface area contributed by atoms with E-state index >= 15 is 0 Å². The summed E-state index contributed by atoms with van der Waals surface area (Å²) in [5.74, 6) is -0.207. The van der Waals surface area contributed by atoms with Gasteiger partial charge >= 0.3 is 6.03 Å². The van der Waals surface area contributed by atoms with Crippen LogP contribution in [0, 0.1) is 0 Å². The van der Waals surface area contributed by atoms with Gasteiger partial charge in [0.2, 0.25) is 0 Å². The molecule has 7 heteroatoms. The molecular formula is C16H15N3O4. The van der Waals surface area contributed by atoms with Crippen molar-refractivity contribution in [3.63, 3.8) is 0 Å². The van der Waals surface area contributed by atoms with E-state index in [9.17, 15) is 14.4 Å². The third-order valence-electron chi connectivity index (χ3n) is 4.56. The van der Waals surface area contributed by atoms with Crippen molar-refractivity contribution < 1.29 is 18.8 Å². The fraction of sp³-hybridized carbons (Fsp3) is 0.312. The summed E-state index contributed by atoms with van der Waals surface area (Å²) < 4.78 is 5.60. The number of carbonyl (C=O) groups is 3. The van der Waals surface area contributed by atoms with E-state index in [1.54, 1.807) is 11.0 Å². The van der Waals surface area contributed by atoms with Crippen molar-refractivity contribution >= 4 is 28.8 Å². The van der Waals surface area contributed by atoms with Crippen LogP contribution in [-0.4, -0.2) is 41.4 Å². The zero-order valence-electron chi connectivity index (χ0n) is 12.3. The van der Waals surface area contributed by atoms with Gasteiger partial charge in [0.15, 0.2) is 5.76 Å². The van der Waals surface area contributed by atoms with Crippen LogP contribution in [0.4, 0.5) is 4.79 Å². The van der Waals surface area contributed by atoms with E-state index in [1.165, 1.54) is 0 Å². The Labute approximate surface area is 131 Å². The van der Waals surface area contributed by atoms with Crippen LogP contribution in [-0.2, 0) is 4.79 Å². The monoisotopic (exact) mass is 313 g/mol. The summed E-state index contributed by atoms with van der Waals surface area (Å²) >= 11 is 0. The molecule has 0 aliphatic carbocycles. The molecule has 4 rings (SSSR count). The third-order valence-corrected chi connectivity index (χ3v) is 4.56. The number of likely N-dealkylation sites (tertiary alicyclic amines) is 1. The maximum absolute atomic E-state index is 12.6. The molecule has 0 unspecified atom stereocenters. The minimum Gasteiger partial charge on any atom is -0.451 e. The summed E-state index contributed by atoms with van der Waals surface area (Å²) in [7, 11) is 0. The zero-order valence-corrected chi connectivity index (χ0v) is 12.3. The predicted molar refractivity (Wildman–Crippen MR) is 80.8 cm³/mol. The first-order chi connectivity index (χ1) is 11.1. The second-order valence-electron chi connectivity index (χ2n) is 5.93. The lowest BCUT2D eigenvalue weighted by Crippen LogP contribution is -2.55. The molecule has 118 valence electrons. The highest BCUT2D eigenvalue weighted by Crippen LogP contribution is 2.27. The predicted octanol–water partition coefficient (Wildman–Crippen LogP) is 1.25. The Morgan fingerprint density at radius 3 is 2.57 bits per heavy atom. The molecule has 1 spiro atoms. The summed E-state index contributed by atoms with van der Waals surface area (Å²) in [6.45, 7) is 0.785. The van der Waals surface area contributed by atoms with Gasteiger partial charge in [0.25, 0.3) is 11.8 Å². The number of rotatable bonds is 1. The largest absolute Gasteiger partial charge is 0.451 e. The SMILES string of the molecule is O=C1NC(=O)C2(CCN(C(=O)c3cc4ccccc4o3)CC2)N1. The van der Waals surface area contributed by atoms with E-state index in [2.05, 4.69) is 10.6 Å². The molecule has 2 fully saturated rings. The number of urea groups is 1. The number of para-hydroxylation sites is 1. The van der Waals surface area contributed by atoms with Crippen molar-refractivity contribution in [1.82, 2.24) is 15.5 Å². The molecular weight excluding hydrogens is 298 g/mol. The Hall–Kier alpha value is -2.83. The van der Waals surface area contributed by atoms with E-state index in [0.29, 0.717) is 37.3 Å². The molecule has 2 aromatic rings. The number of fused-ring (bicyclic) bond motifs is 1.